The first kappa shape index (κ1) is 11.4. The lowest BCUT2D eigenvalue weighted by atomic mass is 10.5. The second kappa shape index (κ2) is 5.99. The van der Waals surface area contributed by atoms with Gasteiger partial charge in [-0.1, -0.05) is 21.1 Å². The highest BCUT2D eigenvalue weighted by Crippen LogP contribution is 2.02. The van der Waals surface area contributed by atoms with E-state index in [-0.39, 0.29) is 12.6 Å². The summed E-state index contributed by atoms with van der Waals surface area (Å²) in [5.74, 6) is -0.362. The van der Waals surface area contributed by atoms with Crippen molar-refractivity contribution in [3.8, 4) is 0 Å². The molecule has 4 nitrogen and oxygen atoms in total. The van der Waals surface area contributed by atoms with Crippen LogP contribution in [0, 0.1) is 0 Å². The Balaban J connectivity index is 3.64. The first-order valence-electron chi connectivity index (χ1n) is 3.43. The molecule has 0 aliphatic carbocycles. The molecule has 0 fully saturated rings. The molecule has 0 aromatic rings. The molecular weight excluding hydrogens is 226 g/mol. The molecule has 5 heteroatoms. The minimum absolute atomic E-state index is 0.178. The molecule has 12 heavy (non-hydrogen) atoms. The lowest BCUT2D eigenvalue weighted by Crippen LogP contribution is -2.20. The highest BCUT2D eigenvalue weighted by molar-refractivity contribution is 9.10. The number of halogens is 1. The highest BCUT2D eigenvalue weighted by Gasteiger charge is 2.15. The van der Waals surface area contributed by atoms with Crippen molar-refractivity contribution in [2.75, 3.05) is 13.7 Å². The van der Waals surface area contributed by atoms with E-state index in [0.717, 1.165) is 5.71 Å². The van der Waals surface area contributed by atoms with Crippen LogP contribution < -0.4 is 0 Å². The minimum atomic E-state index is -0.453. The first-order chi connectivity index (χ1) is 5.57. The second-order valence-electron chi connectivity index (χ2n) is 2.32. The average molecular weight is 238 g/mol. The summed E-state index contributed by atoms with van der Waals surface area (Å²) in [6, 6.07) is 0. The van der Waals surface area contributed by atoms with Gasteiger partial charge in [-0.2, -0.15) is 0 Å². The fourth-order valence-corrected chi connectivity index (χ4v) is 0.733. The van der Waals surface area contributed by atoms with Gasteiger partial charge in [0.25, 0.3) is 0 Å². The Morgan fingerprint density at radius 3 is 2.58 bits per heavy atom. The molecule has 0 bridgehead atoms. The van der Waals surface area contributed by atoms with Gasteiger partial charge in [0.05, 0.1) is 12.8 Å². The maximum atomic E-state index is 10.8. The lowest BCUT2D eigenvalue weighted by Gasteiger charge is -2.05. The number of rotatable bonds is 4. The Morgan fingerprint density at radius 2 is 2.17 bits per heavy atom. The third-order valence-corrected chi connectivity index (χ3v) is 1.56. The Kier molecular flexibility index (Phi) is 5.70. The molecule has 0 spiro atoms. The molecule has 1 atom stereocenters. The summed E-state index contributed by atoms with van der Waals surface area (Å²) < 4.78 is 4.46. The molecule has 0 saturated carbocycles. The van der Waals surface area contributed by atoms with Gasteiger partial charge >= 0.3 is 5.97 Å². The number of esters is 1. The summed E-state index contributed by atoms with van der Waals surface area (Å²) in [5, 5.41) is 3.66. The number of ether oxygens (including phenoxy) is 1. The molecule has 0 radical (unpaired) electrons. The van der Waals surface area contributed by atoms with Crippen LogP contribution in [0.5, 0.6) is 0 Å². The molecule has 0 aromatic carbocycles. The third-order valence-electron chi connectivity index (χ3n) is 0.925. The molecule has 0 saturated heterocycles. The van der Waals surface area contributed by atoms with Gasteiger partial charge in [0.2, 0.25) is 0 Å². The number of nitrogens with zero attached hydrogens (tertiary/aromatic N) is 1. The first-order valence-corrected chi connectivity index (χ1v) is 4.34. The van der Waals surface area contributed by atoms with Crippen LogP contribution in [0.2, 0.25) is 0 Å². The maximum absolute atomic E-state index is 10.8. The maximum Gasteiger partial charge on any atom is 0.323 e. The Bertz CT molecular complexity index is 177. The molecular formula is C7H12BrNO3. The van der Waals surface area contributed by atoms with Gasteiger partial charge in [-0.15, -0.1) is 0 Å². The summed E-state index contributed by atoms with van der Waals surface area (Å²) in [5.41, 5.74) is 0.805. The third kappa shape index (κ3) is 5.12. The molecule has 0 amide bonds. The number of oxime groups is 1. The number of alkyl halides is 1. The normalized spacial score (nSPS) is 11.7. The van der Waals surface area contributed by atoms with Crippen molar-refractivity contribution in [3.63, 3.8) is 0 Å². The van der Waals surface area contributed by atoms with Crippen LogP contribution in [0.15, 0.2) is 5.16 Å². The lowest BCUT2D eigenvalue weighted by molar-refractivity contribution is -0.140. The van der Waals surface area contributed by atoms with E-state index in [1.165, 1.54) is 7.11 Å². The van der Waals surface area contributed by atoms with E-state index in [1.807, 2.05) is 0 Å². The second-order valence-corrected chi connectivity index (χ2v) is 3.43. The summed E-state index contributed by atoms with van der Waals surface area (Å²) >= 11 is 3.08. The molecule has 0 N–H and O–H groups in total. The van der Waals surface area contributed by atoms with Gasteiger partial charge in [-0.05, 0) is 13.8 Å². The van der Waals surface area contributed by atoms with Crippen LogP contribution in [0.1, 0.15) is 13.8 Å². The van der Waals surface area contributed by atoms with Crippen LogP contribution in [0.3, 0.4) is 0 Å². The smallest absolute Gasteiger partial charge is 0.323 e. The molecule has 0 heterocycles. The summed E-state index contributed by atoms with van der Waals surface area (Å²) in [4.78, 5) is 15.2. The van der Waals surface area contributed by atoms with Gasteiger partial charge in [0, 0.05) is 0 Å². The summed E-state index contributed by atoms with van der Waals surface area (Å²) in [7, 11) is 1.32. The SMILES string of the molecule is COC(=O)C(Br)CON=C(C)C. The largest absolute Gasteiger partial charge is 0.468 e. The highest BCUT2D eigenvalue weighted by atomic mass is 79.9. The van der Waals surface area contributed by atoms with E-state index in [2.05, 4.69) is 25.8 Å². The van der Waals surface area contributed by atoms with E-state index in [9.17, 15) is 4.79 Å². The van der Waals surface area contributed by atoms with Crippen LogP contribution in [0.4, 0.5) is 0 Å². The summed E-state index contributed by atoms with van der Waals surface area (Å²) in [6.07, 6.45) is 0. The minimum Gasteiger partial charge on any atom is -0.468 e. The van der Waals surface area contributed by atoms with E-state index < -0.39 is 4.83 Å². The Labute approximate surface area is 80.0 Å². The van der Waals surface area contributed by atoms with Crippen LogP contribution >= 0.6 is 15.9 Å². The zero-order valence-electron chi connectivity index (χ0n) is 7.33. The van der Waals surface area contributed by atoms with Gasteiger partial charge < -0.3 is 9.57 Å². The molecule has 0 aromatic heterocycles. The van der Waals surface area contributed by atoms with Crippen molar-refractivity contribution in [2.45, 2.75) is 18.7 Å². The number of hydrogen-bond acceptors (Lipinski definition) is 4. The van der Waals surface area contributed by atoms with Gasteiger partial charge in [-0.3, -0.25) is 4.79 Å². The number of carbonyl (C=O) groups excluding carboxylic acids is 1. The van der Waals surface area contributed by atoms with Crippen molar-refractivity contribution in [1.82, 2.24) is 0 Å². The number of carbonyl (C=O) groups is 1. The fourth-order valence-electron chi connectivity index (χ4n) is 0.428. The molecule has 1 unspecified atom stereocenters. The topological polar surface area (TPSA) is 47.9 Å². The van der Waals surface area contributed by atoms with Crippen molar-refractivity contribution >= 4 is 27.6 Å². The van der Waals surface area contributed by atoms with Gasteiger partial charge in [0.1, 0.15) is 11.4 Å². The quantitative estimate of drug-likeness (QED) is 0.321. The zero-order chi connectivity index (χ0) is 9.56. The average Bonchev–Trinajstić information content (AvgIpc) is 2.02. The fraction of sp³-hybridized carbons (Fsp3) is 0.714. The van der Waals surface area contributed by atoms with Crippen LogP contribution in [-0.4, -0.2) is 30.2 Å². The van der Waals surface area contributed by atoms with E-state index in [1.54, 1.807) is 13.8 Å². The van der Waals surface area contributed by atoms with Gasteiger partial charge in [-0.25, -0.2) is 0 Å². The predicted octanol–water partition coefficient (Wildman–Crippen LogP) is 1.34. The molecule has 70 valence electrons. The van der Waals surface area contributed by atoms with E-state index in [4.69, 9.17) is 4.84 Å². The van der Waals surface area contributed by atoms with Crippen molar-refractivity contribution < 1.29 is 14.4 Å². The van der Waals surface area contributed by atoms with E-state index in [0.29, 0.717) is 0 Å². The van der Waals surface area contributed by atoms with E-state index >= 15 is 0 Å². The summed E-state index contributed by atoms with van der Waals surface area (Å²) in [6.45, 7) is 3.79. The van der Waals surface area contributed by atoms with Crippen molar-refractivity contribution in [3.05, 3.63) is 0 Å². The van der Waals surface area contributed by atoms with Crippen molar-refractivity contribution in [2.24, 2.45) is 5.16 Å². The molecule has 0 aliphatic rings. The predicted molar refractivity (Wildman–Crippen MR) is 49.5 cm³/mol. The van der Waals surface area contributed by atoms with Crippen molar-refractivity contribution in [1.29, 1.82) is 0 Å². The van der Waals surface area contributed by atoms with Gasteiger partial charge in [0.15, 0.2) is 0 Å². The molecule has 0 rings (SSSR count). The standard InChI is InChI=1S/C7H12BrNO3/c1-5(2)9-12-4-6(8)7(10)11-3/h6H,4H2,1-3H3. The Hall–Kier alpha value is -0.580. The molecule has 0 aliphatic heterocycles. The number of hydrogen-bond donors (Lipinski definition) is 0. The number of methoxy groups -OCH3 is 1. The zero-order valence-corrected chi connectivity index (χ0v) is 8.92. The van der Waals surface area contributed by atoms with Crippen LogP contribution in [0.25, 0.3) is 0 Å². The Morgan fingerprint density at radius 1 is 1.58 bits per heavy atom. The van der Waals surface area contributed by atoms with Crippen LogP contribution in [-0.2, 0) is 14.4 Å². The monoisotopic (exact) mass is 237 g/mol.